The van der Waals surface area contributed by atoms with Crippen molar-refractivity contribution in [2.75, 3.05) is 11.1 Å². The summed E-state index contributed by atoms with van der Waals surface area (Å²) in [4.78, 5) is 11.7. The summed E-state index contributed by atoms with van der Waals surface area (Å²) in [6.07, 6.45) is 0. The van der Waals surface area contributed by atoms with Crippen LogP contribution in [0.25, 0.3) is 0 Å². The number of rotatable bonds is 1. The molecule has 0 aliphatic rings. The molecule has 0 bridgehead atoms. The van der Waals surface area contributed by atoms with Gasteiger partial charge in [-0.2, -0.15) is 0 Å². The molecule has 1 rings (SSSR count). The summed E-state index contributed by atoms with van der Waals surface area (Å²) >= 11 is 3.31. The highest BCUT2D eigenvalue weighted by atomic mass is 79.9. The molecule has 0 aliphatic carbocycles. The lowest BCUT2D eigenvalue weighted by atomic mass is 9.95. The van der Waals surface area contributed by atoms with Gasteiger partial charge in [-0.1, -0.05) is 20.8 Å². The summed E-state index contributed by atoms with van der Waals surface area (Å²) in [5, 5.41) is 2.83. The third-order valence-electron chi connectivity index (χ3n) is 1.94. The second kappa shape index (κ2) is 4.23. The minimum Gasteiger partial charge on any atom is -0.398 e. The molecule has 0 heterocycles. The maximum Gasteiger partial charge on any atom is 0.229 e. The lowest BCUT2D eigenvalue weighted by Crippen LogP contribution is -2.27. The average Bonchev–Trinajstić information content (AvgIpc) is 2.10. The normalized spacial score (nSPS) is 11.2. The number of nitrogens with two attached hydrogens (primary N) is 1. The lowest BCUT2D eigenvalue weighted by molar-refractivity contribution is -0.123. The van der Waals surface area contributed by atoms with Crippen LogP contribution in [-0.4, -0.2) is 5.91 Å². The second-order valence-corrected chi connectivity index (χ2v) is 5.29. The number of anilines is 2. The van der Waals surface area contributed by atoms with Crippen molar-refractivity contribution in [2.45, 2.75) is 20.8 Å². The van der Waals surface area contributed by atoms with E-state index in [-0.39, 0.29) is 5.91 Å². The Morgan fingerprint density at radius 2 is 2.00 bits per heavy atom. The summed E-state index contributed by atoms with van der Waals surface area (Å²) in [6, 6.07) is 5.32. The van der Waals surface area contributed by atoms with E-state index in [0.29, 0.717) is 5.69 Å². The quantitative estimate of drug-likeness (QED) is 0.771. The maximum absolute atomic E-state index is 11.7. The summed E-state index contributed by atoms with van der Waals surface area (Å²) in [5.74, 6) is -0.0147. The van der Waals surface area contributed by atoms with E-state index in [1.165, 1.54) is 0 Å². The molecular weight excluding hydrogens is 256 g/mol. The number of halogens is 1. The number of hydrogen-bond acceptors (Lipinski definition) is 2. The molecule has 0 saturated heterocycles. The molecule has 82 valence electrons. The van der Waals surface area contributed by atoms with Crippen molar-refractivity contribution >= 4 is 33.2 Å². The van der Waals surface area contributed by atoms with E-state index in [1.54, 1.807) is 18.2 Å². The Morgan fingerprint density at radius 1 is 1.40 bits per heavy atom. The van der Waals surface area contributed by atoms with Crippen molar-refractivity contribution in [1.29, 1.82) is 0 Å². The van der Waals surface area contributed by atoms with Crippen LogP contribution in [0, 0.1) is 5.41 Å². The Bertz CT molecular complexity index is 383. The van der Waals surface area contributed by atoms with Crippen molar-refractivity contribution in [2.24, 2.45) is 5.41 Å². The second-order valence-electron chi connectivity index (χ2n) is 4.44. The van der Waals surface area contributed by atoms with E-state index in [9.17, 15) is 4.79 Å². The van der Waals surface area contributed by atoms with E-state index in [2.05, 4.69) is 21.2 Å². The maximum atomic E-state index is 11.7. The molecule has 3 N–H and O–H groups in total. The fraction of sp³-hybridized carbons (Fsp3) is 0.364. The highest BCUT2D eigenvalue weighted by Crippen LogP contribution is 2.24. The van der Waals surface area contributed by atoms with Gasteiger partial charge >= 0.3 is 0 Å². The highest BCUT2D eigenvalue weighted by Gasteiger charge is 2.21. The van der Waals surface area contributed by atoms with Gasteiger partial charge in [-0.3, -0.25) is 4.79 Å². The van der Waals surface area contributed by atoms with Crippen molar-refractivity contribution in [3.05, 3.63) is 22.7 Å². The van der Waals surface area contributed by atoms with Crippen LogP contribution in [0.2, 0.25) is 0 Å². The molecule has 0 spiro atoms. The predicted molar refractivity (Wildman–Crippen MR) is 66.6 cm³/mol. The first-order chi connectivity index (χ1) is 6.80. The van der Waals surface area contributed by atoms with Crippen molar-refractivity contribution in [3.63, 3.8) is 0 Å². The molecule has 0 saturated carbocycles. The Balaban J connectivity index is 2.83. The summed E-state index contributed by atoms with van der Waals surface area (Å²) in [7, 11) is 0. The molecule has 0 aliphatic heterocycles. The summed E-state index contributed by atoms with van der Waals surface area (Å²) in [6.45, 7) is 5.61. The van der Waals surface area contributed by atoms with Gasteiger partial charge < -0.3 is 11.1 Å². The van der Waals surface area contributed by atoms with Gasteiger partial charge in [0.25, 0.3) is 0 Å². The van der Waals surface area contributed by atoms with Gasteiger partial charge in [0.1, 0.15) is 0 Å². The van der Waals surface area contributed by atoms with Crippen LogP contribution in [0.15, 0.2) is 22.7 Å². The summed E-state index contributed by atoms with van der Waals surface area (Å²) in [5.41, 5.74) is 6.65. The van der Waals surface area contributed by atoms with Gasteiger partial charge in [-0.15, -0.1) is 0 Å². The Kier molecular flexibility index (Phi) is 3.39. The molecule has 0 fully saturated rings. The smallest absolute Gasteiger partial charge is 0.229 e. The zero-order valence-corrected chi connectivity index (χ0v) is 10.7. The van der Waals surface area contributed by atoms with Crippen LogP contribution >= 0.6 is 15.9 Å². The van der Waals surface area contributed by atoms with Crippen LogP contribution in [-0.2, 0) is 4.79 Å². The van der Waals surface area contributed by atoms with E-state index >= 15 is 0 Å². The Labute approximate surface area is 98.2 Å². The van der Waals surface area contributed by atoms with Crippen LogP contribution in [0.3, 0.4) is 0 Å². The van der Waals surface area contributed by atoms with Crippen molar-refractivity contribution in [1.82, 2.24) is 0 Å². The highest BCUT2D eigenvalue weighted by molar-refractivity contribution is 9.10. The standard InChI is InChI=1S/C11H15BrN2O/c1-11(2,3)10(15)14-7-4-5-9(13)8(12)6-7/h4-6H,13H2,1-3H3,(H,14,15). The molecule has 0 radical (unpaired) electrons. The number of nitrogen functional groups attached to an aromatic ring is 1. The molecule has 4 heteroatoms. The molecule has 0 unspecified atom stereocenters. The van der Waals surface area contributed by atoms with E-state index in [1.807, 2.05) is 20.8 Å². The number of carbonyl (C=O) groups is 1. The number of hydrogen-bond donors (Lipinski definition) is 2. The monoisotopic (exact) mass is 270 g/mol. The average molecular weight is 271 g/mol. The van der Waals surface area contributed by atoms with E-state index < -0.39 is 5.41 Å². The zero-order chi connectivity index (χ0) is 11.6. The fourth-order valence-corrected chi connectivity index (χ4v) is 1.30. The predicted octanol–water partition coefficient (Wildman–Crippen LogP) is 3.02. The van der Waals surface area contributed by atoms with Crippen LogP contribution in [0.5, 0.6) is 0 Å². The molecule has 1 aromatic carbocycles. The third-order valence-corrected chi connectivity index (χ3v) is 2.63. The van der Waals surface area contributed by atoms with Crippen LogP contribution in [0.1, 0.15) is 20.8 Å². The van der Waals surface area contributed by atoms with E-state index in [4.69, 9.17) is 5.73 Å². The lowest BCUT2D eigenvalue weighted by Gasteiger charge is -2.17. The van der Waals surface area contributed by atoms with Gasteiger partial charge in [0.05, 0.1) is 0 Å². The van der Waals surface area contributed by atoms with Crippen molar-refractivity contribution in [3.8, 4) is 0 Å². The minimum absolute atomic E-state index is 0.0147. The largest absolute Gasteiger partial charge is 0.398 e. The zero-order valence-electron chi connectivity index (χ0n) is 9.10. The van der Waals surface area contributed by atoms with Gasteiger partial charge in [0.15, 0.2) is 0 Å². The SMILES string of the molecule is CC(C)(C)C(=O)Nc1ccc(N)c(Br)c1. The number of nitrogens with one attached hydrogen (secondary N) is 1. The fourth-order valence-electron chi connectivity index (χ4n) is 0.923. The molecule has 3 nitrogen and oxygen atoms in total. The van der Waals surface area contributed by atoms with Gasteiger partial charge in [-0.25, -0.2) is 0 Å². The van der Waals surface area contributed by atoms with Crippen molar-refractivity contribution < 1.29 is 4.79 Å². The Morgan fingerprint density at radius 3 is 2.47 bits per heavy atom. The molecule has 15 heavy (non-hydrogen) atoms. The van der Waals surface area contributed by atoms with E-state index in [0.717, 1.165) is 10.2 Å². The van der Waals surface area contributed by atoms with Gasteiger partial charge in [0.2, 0.25) is 5.91 Å². The number of carbonyl (C=O) groups excluding carboxylic acids is 1. The third kappa shape index (κ3) is 3.23. The first-order valence-corrected chi connectivity index (χ1v) is 5.46. The molecule has 0 atom stereocenters. The van der Waals surface area contributed by atoms with Gasteiger partial charge in [-0.05, 0) is 34.1 Å². The van der Waals surface area contributed by atoms with Crippen LogP contribution in [0.4, 0.5) is 11.4 Å². The molecule has 0 aromatic heterocycles. The first kappa shape index (κ1) is 12.0. The number of benzene rings is 1. The topological polar surface area (TPSA) is 55.1 Å². The number of amides is 1. The van der Waals surface area contributed by atoms with Crippen LogP contribution < -0.4 is 11.1 Å². The molecule has 1 amide bonds. The Hall–Kier alpha value is -1.03. The minimum atomic E-state index is -0.395. The van der Waals surface area contributed by atoms with Gasteiger partial charge in [0, 0.05) is 21.3 Å². The molecule has 1 aromatic rings. The first-order valence-electron chi connectivity index (χ1n) is 4.67. The summed E-state index contributed by atoms with van der Waals surface area (Å²) < 4.78 is 0.786. The molecular formula is C11H15BrN2O.